The van der Waals surface area contributed by atoms with Crippen LogP contribution in [0.25, 0.3) is 0 Å². The van der Waals surface area contributed by atoms with Crippen molar-refractivity contribution in [2.24, 2.45) is 0 Å². The largest absolute Gasteiger partial charge is 0.482 e. The summed E-state index contributed by atoms with van der Waals surface area (Å²) in [6, 6.07) is 12.2. The number of amides is 2. The van der Waals surface area contributed by atoms with Crippen molar-refractivity contribution in [1.82, 2.24) is 4.90 Å². The third-order valence-corrected chi connectivity index (χ3v) is 5.12. The van der Waals surface area contributed by atoms with Gasteiger partial charge in [0.05, 0.1) is 16.3 Å². The zero-order chi connectivity index (χ0) is 19.2. The van der Waals surface area contributed by atoms with Gasteiger partial charge in [-0.25, -0.2) is 0 Å². The number of para-hydroxylation sites is 1. The Kier molecular flexibility index (Phi) is 6.74. The van der Waals surface area contributed by atoms with Gasteiger partial charge in [-0.1, -0.05) is 39.7 Å². The average Bonchev–Trinajstić information content (AvgIpc) is 2.68. The highest BCUT2D eigenvalue weighted by Gasteiger charge is 2.21. The molecule has 2 amide bonds. The summed E-state index contributed by atoms with van der Waals surface area (Å²) in [7, 11) is 0. The van der Waals surface area contributed by atoms with E-state index in [-0.39, 0.29) is 18.4 Å². The maximum Gasteiger partial charge on any atom is 0.262 e. The molecule has 1 saturated heterocycles. The fourth-order valence-electron chi connectivity index (χ4n) is 2.97. The van der Waals surface area contributed by atoms with Crippen LogP contribution in [0.1, 0.15) is 29.6 Å². The standard InChI is InChI=1S/C20H20BrClN2O3/c21-14-8-9-18(16(22)12-14)27-13-19(25)23-17-7-3-2-6-15(17)20(26)24-10-4-1-5-11-24/h2-3,6-9,12H,1,4-5,10-11,13H2,(H,23,25). The third-order valence-electron chi connectivity index (χ3n) is 4.33. The van der Waals surface area contributed by atoms with Gasteiger partial charge < -0.3 is 15.0 Å². The maximum absolute atomic E-state index is 12.8. The summed E-state index contributed by atoms with van der Waals surface area (Å²) in [5.41, 5.74) is 0.984. The fraction of sp³-hybridized carbons (Fsp3) is 0.300. The molecule has 2 aromatic rings. The van der Waals surface area contributed by atoms with Gasteiger partial charge in [-0.15, -0.1) is 0 Å². The van der Waals surface area contributed by atoms with Crippen LogP contribution in [-0.4, -0.2) is 36.4 Å². The monoisotopic (exact) mass is 450 g/mol. The van der Waals surface area contributed by atoms with E-state index in [9.17, 15) is 9.59 Å². The number of benzene rings is 2. The second-order valence-electron chi connectivity index (χ2n) is 6.31. The predicted octanol–water partition coefficient (Wildman–Crippen LogP) is 4.75. The first kappa shape index (κ1) is 19.7. The first-order valence-electron chi connectivity index (χ1n) is 8.80. The molecule has 0 radical (unpaired) electrons. The van der Waals surface area contributed by atoms with Crippen molar-refractivity contribution in [1.29, 1.82) is 0 Å². The van der Waals surface area contributed by atoms with Crippen LogP contribution in [0.4, 0.5) is 5.69 Å². The maximum atomic E-state index is 12.8. The molecule has 0 spiro atoms. The van der Waals surface area contributed by atoms with Gasteiger partial charge in [-0.05, 0) is 49.6 Å². The minimum absolute atomic E-state index is 0.0533. The minimum atomic E-state index is -0.354. The van der Waals surface area contributed by atoms with Gasteiger partial charge in [0.2, 0.25) is 0 Å². The molecule has 0 aromatic heterocycles. The smallest absolute Gasteiger partial charge is 0.262 e. The van der Waals surface area contributed by atoms with Crippen LogP contribution in [0.3, 0.4) is 0 Å². The number of halogens is 2. The Bertz CT molecular complexity index is 838. The number of likely N-dealkylation sites (tertiary alicyclic amines) is 1. The van der Waals surface area contributed by atoms with Crippen molar-refractivity contribution in [3.8, 4) is 5.75 Å². The van der Waals surface area contributed by atoms with E-state index in [0.717, 1.165) is 36.8 Å². The van der Waals surface area contributed by atoms with Crippen molar-refractivity contribution in [3.63, 3.8) is 0 Å². The molecule has 2 aromatic carbocycles. The van der Waals surface area contributed by atoms with Crippen LogP contribution in [0.2, 0.25) is 5.02 Å². The summed E-state index contributed by atoms with van der Waals surface area (Å²) < 4.78 is 6.31. The molecule has 3 rings (SSSR count). The molecule has 5 nitrogen and oxygen atoms in total. The van der Waals surface area contributed by atoms with E-state index in [4.69, 9.17) is 16.3 Å². The lowest BCUT2D eigenvalue weighted by atomic mass is 10.1. The van der Waals surface area contributed by atoms with Crippen LogP contribution in [0, 0.1) is 0 Å². The average molecular weight is 452 g/mol. The van der Waals surface area contributed by atoms with E-state index >= 15 is 0 Å². The van der Waals surface area contributed by atoms with Crippen LogP contribution in [0.15, 0.2) is 46.9 Å². The Hall–Kier alpha value is -2.05. The number of anilines is 1. The SMILES string of the molecule is O=C(COc1ccc(Br)cc1Cl)Nc1ccccc1C(=O)N1CCCCC1. The lowest BCUT2D eigenvalue weighted by molar-refractivity contribution is -0.118. The number of hydrogen-bond acceptors (Lipinski definition) is 3. The van der Waals surface area contributed by atoms with Crippen LogP contribution in [0.5, 0.6) is 5.75 Å². The third kappa shape index (κ3) is 5.23. The summed E-state index contributed by atoms with van der Waals surface area (Å²) in [6.45, 7) is 1.31. The normalized spacial score (nSPS) is 13.9. The number of rotatable bonds is 5. The molecule has 1 N–H and O–H groups in total. The molecule has 27 heavy (non-hydrogen) atoms. The molecule has 1 aliphatic rings. The van der Waals surface area contributed by atoms with Crippen LogP contribution >= 0.6 is 27.5 Å². The molecule has 7 heteroatoms. The van der Waals surface area contributed by atoms with Crippen molar-refractivity contribution in [2.75, 3.05) is 25.0 Å². The predicted molar refractivity (Wildman–Crippen MR) is 109 cm³/mol. The van der Waals surface area contributed by atoms with Crippen molar-refractivity contribution < 1.29 is 14.3 Å². The number of hydrogen-bond donors (Lipinski definition) is 1. The summed E-state index contributed by atoms with van der Waals surface area (Å²) >= 11 is 9.41. The highest BCUT2D eigenvalue weighted by atomic mass is 79.9. The molecule has 0 atom stereocenters. The molecule has 1 fully saturated rings. The number of nitrogens with zero attached hydrogens (tertiary/aromatic N) is 1. The minimum Gasteiger partial charge on any atom is -0.482 e. The molecule has 1 aliphatic heterocycles. The molecular weight excluding hydrogens is 432 g/mol. The van der Waals surface area contributed by atoms with Crippen molar-refractivity contribution in [3.05, 3.63) is 57.5 Å². The number of ether oxygens (including phenoxy) is 1. The van der Waals surface area contributed by atoms with Gasteiger partial charge in [0, 0.05) is 17.6 Å². The van der Waals surface area contributed by atoms with Crippen molar-refractivity contribution in [2.45, 2.75) is 19.3 Å². The molecular formula is C20H20BrClN2O3. The lowest BCUT2D eigenvalue weighted by Crippen LogP contribution is -2.36. The van der Waals surface area contributed by atoms with Gasteiger partial charge in [0.25, 0.3) is 11.8 Å². The first-order valence-corrected chi connectivity index (χ1v) is 9.97. The molecule has 0 aliphatic carbocycles. The number of nitrogens with one attached hydrogen (secondary N) is 1. The Labute approximate surface area is 171 Å². The molecule has 0 saturated carbocycles. The number of carbonyl (C=O) groups excluding carboxylic acids is 2. The van der Waals surface area contributed by atoms with E-state index in [1.54, 1.807) is 42.5 Å². The zero-order valence-corrected chi connectivity index (χ0v) is 17.1. The Morgan fingerprint density at radius 3 is 2.59 bits per heavy atom. The Morgan fingerprint density at radius 1 is 1.11 bits per heavy atom. The Balaban J connectivity index is 1.64. The number of carbonyl (C=O) groups is 2. The quantitative estimate of drug-likeness (QED) is 0.714. The Morgan fingerprint density at radius 2 is 1.85 bits per heavy atom. The van der Waals surface area contributed by atoms with Gasteiger partial charge in [-0.3, -0.25) is 9.59 Å². The van der Waals surface area contributed by atoms with Gasteiger partial charge in [0.1, 0.15) is 5.75 Å². The van der Waals surface area contributed by atoms with Crippen molar-refractivity contribution >= 4 is 45.0 Å². The van der Waals surface area contributed by atoms with E-state index in [2.05, 4.69) is 21.2 Å². The second-order valence-corrected chi connectivity index (χ2v) is 7.63. The molecule has 0 bridgehead atoms. The van der Waals surface area contributed by atoms with Crippen LogP contribution in [-0.2, 0) is 4.79 Å². The van der Waals surface area contributed by atoms with E-state index in [0.29, 0.717) is 22.0 Å². The summed E-state index contributed by atoms with van der Waals surface area (Å²) in [6.07, 6.45) is 3.18. The van der Waals surface area contributed by atoms with Gasteiger partial charge in [0.15, 0.2) is 6.61 Å². The number of piperidine rings is 1. The topological polar surface area (TPSA) is 58.6 Å². The first-order chi connectivity index (χ1) is 13.0. The van der Waals surface area contributed by atoms with E-state index in [1.165, 1.54) is 0 Å². The molecule has 0 unspecified atom stereocenters. The summed E-state index contributed by atoms with van der Waals surface area (Å²) in [5.74, 6) is 0.0167. The highest BCUT2D eigenvalue weighted by molar-refractivity contribution is 9.10. The fourth-order valence-corrected chi connectivity index (χ4v) is 3.70. The molecule has 142 valence electrons. The van der Waals surface area contributed by atoms with Gasteiger partial charge >= 0.3 is 0 Å². The zero-order valence-electron chi connectivity index (χ0n) is 14.7. The highest BCUT2D eigenvalue weighted by Crippen LogP contribution is 2.27. The van der Waals surface area contributed by atoms with Gasteiger partial charge in [-0.2, -0.15) is 0 Å². The summed E-state index contributed by atoms with van der Waals surface area (Å²) in [4.78, 5) is 26.9. The lowest BCUT2D eigenvalue weighted by Gasteiger charge is -2.27. The van der Waals surface area contributed by atoms with Crippen LogP contribution < -0.4 is 10.1 Å². The second kappa shape index (κ2) is 9.24. The molecule has 1 heterocycles. The van der Waals surface area contributed by atoms with E-state index < -0.39 is 0 Å². The summed E-state index contributed by atoms with van der Waals surface area (Å²) in [5, 5.41) is 3.18. The van der Waals surface area contributed by atoms with E-state index in [1.807, 2.05) is 4.90 Å².